The average Bonchev–Trinajstić information content (AvgIpc) is 2.64. The lowest BCUT2D eigenvalue weighted by Gasteiger charge is -2.11. The lowest BCUT2D eigenvalue weighted by atomic mass is 10.2. The van der Waals surface area contributed by atoms with Crippen molar-refractivity contribution in [3.63, 3.8) is 0 Å². The Bertz CT molecular complexity index is 108. The number of ether oxygens (including phenoxy) is 2. The van der Waals surface area contributed by atoms with E-state index in [0.717, 1.165) is 19.6 Å². The van der Waals surface area contributed by atoms with Gasteiger partial charge in [0.2, 0.25) is 0 Å². The molecule has 1 heterocycles. The van der Waals surface area contributed by atoms with E-state index in [1.165, 1.54) is 0 Å². The van der Waals surface area contributed by atoms with Crippen LogP contribution >= 0.6 is 0 Å². The van der Waals surface area contributed by atoms with Crippen LogP contribution in [0, 0.1) is 0 Å². The van der Waals surface area contributed by atoms with Crippen LogP contribution < -0.4 is 0 Å². The third-order valence-electron chi connectivity index (χ3n) is 1.89. The highest BCUT2D eigenvalue weighted by Crippen LogP contribution is 2.26. The van der Waals surface area contributed by atoms with Crippen molar-refractivity contribution < 1.29 is 9.47 Å². The molecule has 2 nitrogen and oxygen atoms in total. The highest BCUT2D eigenvalue weighted by Gasteiger charge is 2.39. The summed E-state index contributed by atoms with van der Waals surface area (Å²) in [5.74, 6) is 0. The van der Waals surface area contributed by atoms with Gasteiger partial charge in [-0.05, 0) is 20.3 Å². The molecule has 0 aromatic rings. The van der Waals surface area contributed by atoms with Crippen molar-refractivity contribution in [3.8, 4) is 0 Å². The molecule has 0 bridgehead atoms. The maximum atomic E-state index is 5.49. The second-order valence-electron chi connectivity index (χ2n) is 3.27. The summed E-state index contributed by atoms with van der Waals surface area (Å²) in [6, 6.07) is 0. The van der Waals surface area contributed by atoms with Crippen LogP contribution in [0.3, 0.4) is 0 Å². The van der Waals surface area contributed by atoms with Crippen molar-refractivity contribution in [1.29, 1.82) is 0 Å². The van der Waals surface area contributed by atoms with Gasteiger partial charge in [0.1, 0.15) is 5.60 Å². The van der Waals surface area contributed by atoms with Gasteiger partial charge in [0, 0.05) is 0 Å². The molecule has 2 atom stereocenters. The Morgan fingerprint density at radius 1 is 1.70 bits per heavy atom. The Labute approximate surface area is 62.5 Å². The summed E-state index contributed by atoms with van der Waals surface area (Å²) in [4.78, 5) is 0. The first kappa shape index (κ1) is 8.02. The number of hydrogen-bond acceptors (Lipinski definition) is 2. The molecule has 0 radical (unpaired) electrons. The molecule has 1 fully saturated rings. The highest BCUT2D eigenvalue weighted by molar-refractivity contribution is 4.86. The zero-order valence-corrected chi connectivity index (χ0v) is 7.02. The standard InChI is InChI=1S/C8H16O2/c1-4-7(2)9-5-8(3)6-10-8/h7H,4-6H2,1-3H3. The van der Waals surface area contributed by atoms with Gasteiger partial charge in [0.25, 0.3) is 0 Å². The lowest BCUT2D eigenvalue weighted by Crippen LogP contribution is -2.19. The lowest BCUT2D eigenvalue weighted by molar-refractivity contribution is 0.0301. The summed E-state index contributed by atoms with van der Waals surface area (Å²) in [6.45, 7) is 7.91. The second kappa shape index (κ2) is 2.89. The van der Waals surface area contributed by atoms with E-state index in [0.29, 0.717) is 6.10 Å². The molecule has 0 spiro atoms. The summed E-state index contributed by atoms with van der Waals surface area (Å²) >= 11 is 0. The molecule has 60 valence electrons. The fourth-order valence-corrected chi connectivity index (χ4v) is 0.643. The summed E-state index contributed by atoms with van der Waals surface area (Å²) in [6.07, 6.45) is 1.46. The van der Waals surface area contributed by atoms with Gasteiger partial charge >= 0.3 is 0 Å². The minimum Gasteiger partial charge on any atom is -0.375 e. The topological polar surface area (TPSA) is 21.8 Å². The van der Waals surface area contributed by atoms with Crippen LogP contribution in [0.4, 0.5) is 0 Å². The van der Waals surface area contributed by atoms with Crippen LogP contribution in [0.2, 0.25) is 0 Å². The predicted octanol–water partition coefficient (Wildman–Crippen LogP) is 1.59. The molecule has 1 saturated heterocycles. The smallest absolute Gasteiger partial charge is 0.112 e. The van der Waals surface area contributed by atoms with E-state index in [2.05, 4.69) is 20.8 Å². The van der Waals surface area contributed by atoms with Gasteiger partial charge in [-0.25, -0.2) is 0 Å². The summed E-state index contributed by atoms with van der Waals surface area (Å²) in [5.41, 5.74) is 0.0590. The zero-order chi connectivity index (χ0) is 7.61. The molecular weight excluding hydrogens is 128 g/mol. The molecule has 2 unspecified atom stereocenters. The van der Waals surface area contributed by atoms with E-state index in [4.69, 9.17) is 9.47 Å². The van der Waals surface area contributed by atoms with Gasteiger partial charge < -0.3 is 9.47 Å². The Morgan fingerprint density at radius 2 is 2.30 bits per heavy atom. The van der Waals surface area contributed by atoms with Crippen molar-refractivity contribution in [2.75, 3.05) is 13.2 Å². The Hall–Kier alpha value is -0.0800. The molecule has 1 rings (SSSR count). The van der Waals surface area contributed by atoms with Crippen molar-refractivity contribution in [3.05, 3.63) is 0 Å². The van der Waals surface area contributed by atoms with Gasteiger partial charge in [-0.2, -0.15) is 0 Å². The third kappa shape index (κ3) is 2.27. The molecule has 0 aromatic heterocycles. The van der Waals surface area contributed by atoms with Crippen molar-refractivity contribution >= 4 is 0 Å². The third-order valence-corrected chi connectivity index (χ3v) is 1.89. The van der Waals surface area contributed by atoms with Crippen molar-refractivity contribution in [1.82, 2.24) is 0 Å². The maximum absolute atomic E-state index is 5.49. The van der Waals surface area contributed by atoms with Crippen LogP contribution in [0.25, 0.3) is 0 Å². The summed E-state index contributed by atoms with van der Waals surface area (Å²) in [7, 11) is 0. The molecule has 0 saturated carbocycles. The second-order valence-corrected chi connectivity index (χ2v) is 3.27. The minimum absolute atomic E-state index is 0.0590. The molecule has 1 aliphatic rings. The normalized spacial score (nSPS) is 33.9. The Morgan fingerprint density at radius 3 is 2.70 bits per heavy atom. The largest absolute Gasteiger partial charge is 0.375 e. The van der Waals surface area contributed by atoms with Gasteiger partial charge in [0.05, 0.1) is 19.3 Å². The van der Waals surface area contributed by atoms with Gasteiger partial charge in [-0.15, -0.1) is 0 Å². The van der Waals surface area contributed by atoms with E-state index in [9.17, 15) is 0 Å². The molecule has 10 heavy (non-hydrogen) atoms. The van der Waals surface area contributed by atoms with Crippen molar-refractivity contribution in [2.24, 2.45) is 0 Å². The predicted molar refractivity (Wildman–Crippen MR) is 40.1 cm³/mol. The van der Waals surface area contributed by atoms with Gasteiger partial charge in [0.15, 0.2) is 0 Å². The number of epoxide rings is 1. The van der Waals surface area contributed by atoms with Crippen LogP contribution in [0.1, 0.15) is 27.2 Å². The van der Waals surface area contributed by atoms with E-state index >= 15 is 0 Å². The van der Waals surface area contributed by atoms with E-state index < -0.39 is 0 Å². The first-order valence-electron chi connectivity index (χ1n) is 3.92. The minimum atomic E-state index is 0.0590. The van der Waals surface area contributed by atoms with Gasteiger partial charge in [-0.1, -0.05) is 6.92 Å². The SMILES string of the molecule is CCC(C)OCC1(C)CO1. The van der Waals surface area contributed by atoms with Gasteiger partial charge in [-0.3, -0.25) is 0 Å². The molecule has 0 aliphatic carbocycles. The van der Waals surface area contributed by atoms with E-state index in [-0.39, 0.29) is 5.60 Å². The quantitative estimate of drug-likeness (QED) is 0.559. The van der Waals surface area contributed by atoms with E-state index in [1.807, 2.05) is 0 Å². The molecule has 0 amide bonds. The average molecular weight is 144 g/mol. The molecule has 0 N–H and O–H groups in total. The van der Waals surface area contributed by atoms with Crippen LogP contribution in [-0.4, -0.2) is 24.9 Å². The first-order valence-corrected chi connectivity index (χ1v) is 3.92. The first-order chi connectivity index (χ1) is 4.66. The number of rotatable bonds is 4. The highest BCUT2D eigenvalue weighted by atomic mass is 16.6. The van der Waals surface area contributed by atoms with Crippen LogP contribution in [0.15, 0.2) is 0 Å². The van der Waals surface area contributed by atoms with E-state index in [1.54, 1.807) is 0 Å². The summed E-state index contributed by atoms with van der Waals surface area (Å²) < 4.78 is 10.7. The van der Waals surface area contributed by atoms with Crippen LogP contribution in [-0.2, 0) is 9.47 Å². The van der Waals surface area contributed by atoms with Crippen LogP contribution in [0.5, 0.6) is 0 Å². The molecule has 1 aliphatic heterocycles. The number of hydrogen-bond donors (Lipinski definition) is 0. The molecule has 0 aromatic carbocycles. The zero-order valence-electron chi connectivity index (χ0n) is 7.02. The Balaban J connectivity index is 2.04. The monoisotopic (exact) mass is 144 g/mol. The maximum Gasteiger partial charge on any atom is 0.112 e. The fraction of sp³-hybridized carbons (Fsp3) is 1.00. The summed E-state index contributed by atoms with van der Waals surface area (Å²) in [5, 5.41) is 0. The Kier molecular flexibility index (Phi) is 2.32. The molecule has 2 heteroatoms. The van der Waals surface area contributed by atoms with Crippen molar-refractivity contribution in [2.45, 2.75) is 38.9 Å². The molecular formula is C8H16O2. The fourth-order valence-electron chi connectivity index (χ4n) is 0.643.